The molecule has 0 unspecified atom stereocenters. The van der Waals surface area contributed by atoms with Gasteiger partial charge >= 0.3 is 0 Å². The minimum atomic E-state index is -0.446. The SMILES string of the molecule is O=C(NCCc1ccc2c(c1)CCC2)C1(CO)CC1. The number of carbonyl (C=O) groups is 1. The van der Waals surface area contributed by atoms with Gasteiger partial charge in [-0.3, -0.25) is 4.79 Å². The quantitative estimate of drug-likeness (QED) is 0.844. The molecule has 2 aliphatic rings. The predicted octanol–water partition coefficient (Wildman–Crippen LogP) is 1.61. The Balaban J connectivity index is 1.51. The summed E-state index contributed by atoms with van der Waals surface area (Å²) in [5.74, 6) is 0.0242. The number of aryl methyl sites for hydroxylation is 2. The number of nitrogens with one attached hydrogen (secondary N) is 1. The van der Waals surface area contributed by atoms with Gasteiger partial charge in [-0.1, -0.05) is 18.2 Å². The number of hydrogen-bond acceptors (Lipinski definition) is 2. The number of aliphatic hydroxyl groups is 1. The summed E-state index contributed by atoms with van der Waals surface area (Å²) in [6, 6.07) is 6.69. The van der Waals surface area contributed by atoms with Crippen molar-refractivity contribution in [1.82, 2.24) is 5.32 Å². The van der Waals surface area contributed by atoms with Crippen molar-refractivity contribution in [2.24, 2.45) is 5.41 Å². The molecular formula is C16H21NO2. The van der Waals surface area contributed by atoms with E-state index in [-0.39, 0.29) is 12.5 Å². The highest BCUT2D eigenvalue weighted by Crippen LogP contribution is 2.45. The van der Waals surface area contributed by atoms with Crippen LogP contribution in [0.5, 0.6) is 0 Å². The molecule has 1 aromatic rings. The van der Waals surface area contributed by atoms with Gasteiger partial charge in [-0.25, -0.2) is 0 Å². The van der Waals surface area contributed by atoms with Gasteiger partial charge in [-0.05, 0) is 55.2 Å². The van der Waals surface area contributed by atoms with Crippen molar-refractivity contribution in [3.63, 3.8) is 0 Å². The van der Waals surface area contributed by atoms with Crippen molar-refractivity contribution in [3.8, 4) is 0 Å². The second-order valence-corrected chi connectivity index (χ2v) is 5.90. The average molecular weight is 259 g/mol. The summed E-state index contributed by atoms with van der Waals surface area (Å²) < 4.78 is 0. The predicted molar refractivity (Wildman–Crippen MR) is 73.9 cm³/mol. The minimum absolute atomic E-state index is 0.0162. The molecule has 1 aromatic carbocycles. The summed E-state index contributed by atoms with van der Waals surface area (Å²) >= 11 is 0. The summed E-state index contributed by atoms with van der Waals surface area (Å²) in [6.07, 6.45) is 6.21. The van der Waals surface area contributed by atoms with Crippen molar-refractivity contribution < 1.29 is 9.90 Å². The molecule has 0 aromatic heterocycles. The molecule has 3 nitrogen and oxygen atoms in total. The molecule has 3 heteroatoms. The summed E-state index contributed by atoms with van der Waals surface area (Å²) in [7, 11) is 0. The van der Waals surface area contributed by atoms with Crippen LogP contribution in [0.3, 0.4) is 0 Å². The van der Waals surface area contributed by atoms with Crippen molar-refractivity contribution in [1.29, 1.82) is 0 Å². The van der Waals surface area contributed by atoms with Gasteiger partial charge in [0, 0.05) is 6.54 Å². The summed E-state index contributed by atoms with van der Waals surface area (Å²) in [5.41, 5.74) is 3.83. The first-order valence-corrected chi connectivity index (χ1v) is 7.23. The van der Waals surface area contributed by atoms with Gasteiger partial charge in [0.2, 0.25) is 5.91 Å². The van der Waals surface area contributed by atoms with Gasteiger partial charge < -0.3 is 10.4 Å². The van der Waals surface area contributed by atoms with Crippen LogP contribution in [-0.4, -0.2) is 24.2 Å². The Morgan fingerprint density at radius 2 is 2.05 bits per heavy atom. The first-order valence-electron chi connectivity index (χ1n) is 7.23. The Morgan fingerprint density at radius 1 is 1.26 bits per heavy atom. The fraction of sp³-hybridized carbons (Fsp3) is 0.562. The zero-order chi connectivity index (χ0) is 13.3. The van der Waals surface area contributed by atoms with Gasteiger partial charge in [0.25, 0.3) is 0 Å². The maximum atomic E-state index is 11.9. The van der Waals surface area contributed by atoms with Gasteiger partial charge in [-0.15, -0.1) is 0 Å². The van der Waals surface area contributed by atoms with Crippen LogP contribution >= 0.6 is 0 Å². The third-order valence-electron chi connectivity index (χ3n) is 4.50. The van der Waals surface area contributed by atoms with Crippen molar-refractivity contribution in [2.45, 2.75) is 38.5 Å². The molecule has 102 valence electrons. The van der Waals surface area contributed by atoms with Crippen LogP contribution in [0.1, 0.15) is 36.0 Å². The lowest BCUT2D eigenvalue weighted by Gasteiger charge is -2.12. The Hall–Kier alpha value is -1.35. The van der Waals surface area contributed by atoms with E-state index in [0.29, 0.717) is 6.54 Å². The van der Waals surface area contributed by atoms with Gasteiger partial charge in [0.15, 0.2) is 0 Å². The second kappa shape index (κ2) is 4.97. The van der Waals surface area contributed by atoms with E-state index in [1.54, 1.807) is 0 Å². The fourth-order valence-corrected chi connectivity index (χ4v) is 2.90. The molecule has 0 radical (unpaired) electrons. The minimum Gasteiger partial charge on any atom is -0.395 e. The summed E-state index contributed by atoms with van der Waals surface area (Å²) in [4.78, 5) is 11.9. The fourth-order valence-electron chi connectivity index (χ4n) is 2.90. The number of hydrogen-bond donors (Lipinski definition) is 2. The Labute approximate surface area is 114 Å². The largest absolute Gasteiger partial charge is 0.395 e. The monoisotopic (exact) mass is 259 g/mol. The van der Waals surface area contributed by atoms with E-state index < -0.39 is 5.41 Å². The first kappa shape index (κ1) is 12.7. The van der Waals surface area contributed by atoms with Crippen LogP contribution in [0, 0.1) is 5.41 Å². The highest BCUT2D eigenvalue weighted by molar-refractivity contribution is 5.85. The van der Waals surface area contributed by atoms with Crippen LogP contribution in [0.4, 0.5) is 0 Å². The molecular weight excluding hydrogens is 238 g/mol. The Morgan fingerprint density at radius 3 is 2.79 bits per heavy atom. The third-order valence-corrected chi connectivity index (χ3v) is 4.50. The molecule has 0 atom stereocenters. The van der Waals surface area contributed by atoms with Crippen LogP contribution in [0.2, 0.25) is 0 Å². The van der Waals surface area contributed by atoms with E-state index >= 15 is 0 Å². The first-order chi connectivity index (χ1) is 9.23. The van der Waals surface area contributed by atoms with Gasteiger partial charge in [0.05, 0.1) is 12.0 Å². The average Bonchev–Trinajstić information content (AvgIpc) is 3.10. The molecule has 19 heavy (non-hydrogen) atoms. The van der Waals surface area contributed by atoms with Gasteiger partial charge in [0.1, 0.15) is 0 Å². The number of benzene rings is 1. The molecule has 2 N–H and O–H groups in total. The molecule has 2 aliphatic carbocycles. The number of rotatable bonds is 5. The van der Waals surface area contributed by atoms with Gasteiger partial charge in [-0.2, -0.15) is 0 Å². The molecule has 3 rings (SSSR count). The van der Waals surface area contributed by atoms with Crippen molar-refractivity contribution >= 4 is 5.91 Å². The third kappa shape index (κ3) is 2.52. The van der Waals surface area contributed by atoms with Crippen LogP contribution in [0.25, 0.3) is 0 Å². The van der Waals surface area contributed by atoms with E-state index in [9.17, 15) is 9.90 Å². The maximum Gasteiger partial charge on any atom is 0.228 e. The zero-order valence-corrected chi connectivity index (χ0v) is 11.2. The lowest BCUT2D eigenvalue weighted by Crippen LogP contribution is -2.35. The van der Waals surface area contributed by atoms with E-state index in [2.05, 4.69) is 23.5 Å². The molecule has 0 heterocycles. The van der Waals surface area contributed by atoms with E-state index in [0.717, 1.165) is 19.3 Å². The highest BCUT2D eigenvalue weighted by Gasteiger charge is 2.49. The smallest absolute Gasteiger partial charge is 0.228 e. The topological polar surface area (TPSA) is 49.3 Å². The molecule has 0 bridgehead atoms. The Bertz CT molecular complexity index is 492. The standard InChI is InChI=1S/C16H21NO2/c18-11-16(7-8-16)15(19)17-9-6-12-4-5-13-2-1-3-14(13)10-12/h4-5,10,18H,1-3,6-9,11H2,(H,17,19). The molecule has 1 fully saturated rings. The summed E-state index contributed by atoms with van der Waals surface area (Å²) in [5, 5.41) is 12.1. The van der Waals surface area contributed by atoms with Crippen LogP contribution < -0.4 is 5.32 Å². The normalized spacial score (nSPS) is 19.0. The van der Waals surface area contributed by atoms with Crippen LogP contribution in [-0.2, 0) is 24.1 Å². The molecule has 1 amide bonds. The highest BCUT2D eigenvalue weighted by atomic mass is 16.3. The van der Waals surface area contributed by atoms with E-state index in [1.807, 2.05) is 0 Å². The number of carbonyl (C=O) groups excluding carboxylic acids is 1. The van der Waals surface area contributed by atoms with E-state index in [1.165, 1.54) is 36.0 Å². The zero-order valence-electron chi connectivity index (χ0n) is 11.2. The van der Waals surface area contributed by atoms with Crippen LogP contribution in [0.15, 0.2) is 18.2 Å². The maximum absolute atomic E-state index is 11.9. The van der Waals surface area contributed by atoms with E-state index in [4.69, 9.17) is 0 Å². The Kier molecular flexibility index (Phi) is 3.31. The number of amides is 1. The molecule has 0 saturated heterocycles. The van der Waals surface area contributed by atoms with Crippen molar-refractivity contribution in [3.05, 3.63) is 34.9 Å². The molecule has 0 aliphatic heterocycles. The second-order valence-electron chi connectivity index (χ2n) is 5.90. The summed E-state index contributed by atoms with van der Waals surface area (Å²) in [6.45, 7) is 0.650. The number of fused-ring (bicyclic) bond motifs is 1. The lowest BCUT2D eigenvalue weighted by atomic mass is 10.0. The van der Waals surface area contributed by atoms with Crippen molar-refractivity contribution in [2.75, 3.05) is 13.2 Å². The lowest BCUT2D eigenvalue weighted by molar-refractivity contribution is -0.127. The molecule has 1 saturated carbocycles. The molecule has 0 spiro atoms. The number of aliphatic hydroxyl groups excluding tert-OH is 1.